The molecule has 0 fully saturated rings. The number of esters is 1. The molecule has 0 atom stereocenters. The van der Waals surface area contributed by atoms with E-state index < -0.39 is 5.97 Å². The molecule has 0 aromatic heterocycles. The van der Waals surface area contributed by atoms with E-state index in [4.69, 9.17) is 21.1 Å². The van der Waals surface area contributed by atoms with Crippen molar-refractivity contribution in [2.75, 3.05) is 0 Å². The molecule has 1 aliphatic heterocycles. The SMILES string of the molecule is Cc1ccccc1COc1c(I)cc(/C=C2\N=C(c3ccccc3Cl)OC2=O)cc1I. The van der Waals surface area contributed by atoms with Gasteiger partial charge < -0.3 is 9.47 Å². The molecule has 7 heteroatoms. The minimum Gasteiger partial charge on any atom is -0.487 e. The van der Waals surface area contributed by atoms with Gasteiger partial charge in [0.2, 0.25) is 5.90 Å². The third-order valence-corrected chi connectivity index (χ3v) is 6.61. The number of hydrogen-bond donors (Lipinski definition) is 0. The number of aryl methyl sites for hydroxylation is 1. The number of cyclic esters (lactones) is 1. The van der Waals surface area contributed by atoms with Crippen LogP contribution in [-0.2, 0) is 16.1 Å². The van der Waals surface area contributed by atoms with Gasteiger partial charge in [0.25, 0.3) is 0 Å². The van der Waals surface area contributed by atoms with Crippen LogP contribution in [0, 0.1) is 14.1 Å². The number of hydrogen-bond acceptors (Lipinski definition) is 4. The molecule has 1 heterocycles. The zero-order valence-corrected chi connectivity index (χ0v) is 21.4. The number of benzene rings is 3. The highest BCUT2D eigenvalue weighted by atomic mass is 127. The Morgan fingerprint density at radius 2 is 1.74 bits per heavy atom. The molecule has 1 aliphatic rings. The quantitative estimate of drug-likeness (QED) is 0.173. The lowest BCUT2D eigenvalue weighted by molar-refractivity contribution is -0.129. The summed E-state index contributed by atoms with van der Waals surface area (Å²) in [5, 5.41) is 0.481. The molecule has 4 nitrogen and oxygen atoms in total. The van der Waals surface area contributed by atoms with Crippen LogP contribution in [0.2, 0.25) is 5.02 Å². The lowest BCUT2D eigenvalue weighted by Crippen LogP contribution is -2.05. The van der Waals surface area contributed by atoms with Crippen molar-refractivity contribution in [3.63, 3.8) is 0 Å². The number of aliphatic imine (C=N–C) groups is 1. The van der Waals surface area contributed by atoms with Crippen LogP contribution < -0.4 is 4.74 Å². The molecular weight excluding hydrogens is 640 g/mol. The second-order valence-electron chi connectivity index (χ2n) is 6.84. The van der Waals surface area contributed by atoms with Gasteiger partial charge in [0.05, 0.1) is 17.7 Å². The van der Waals surface area contributed by atoms with E-state index in [1.807, 2.05) is 36.4 Å². The summed E-state index contributed by atoms with van der Waals surface area (Å²) >= 11 is 10.7. The van der Waals surface area contributed by atoms with Crippen LogP contribution in [-0.4, -0.2) is 11.9 Å². The van der Waals surface area contributed by atoms with Crippen molar-refractivity contribution >= 4 is 74.7 Å². The molecule has 0 amide bonds. The van der Waals surface area contributed by atoms with Crippen LogP contribution >= 0.6 is 56.8 Å². The molecule has 0 spiro atoms. The molecule has 4 rings (SSSR count). The predicted octanol–water partition coefficient (Wildman–Crippen LogP) is 6.78. The van der Waals surface area contributed by atoms with Gasteiger partial charge in [0, 0.05) is 0 Å². The minimum atomic E-state index is -0.500. The number of ether oxygens (including phenoxy) is 2. The van der Waals surface area contributed by atoms with E-state index in [9.17, 15) is 4.79 Å². The third-order valence-electron chi connectivity index (χ3n) is 4.68. The van der Waals surface area contributed by atoms with Gasteiger partial charge in [-0.1, -0.05) is 48.0 Å². The maximum absolute atomic E-state index is 12.3. The molecule has 0 aliphatic carbocycles. The van der Waals surface area contributed by atoms with Crippen LogP contribution in [0.4, 0.5) is 0 Å². The second kappa shape index (κ2) is 9.70. The van der Waals surface area contributed by atoms with Crippen LogP contribution in [0.5, 0.6) is 5.75 Å². The molecule has 3 aromatic carbocycles. The van der Waals surface area contributed by atoms with Gasteiger partial charge in [-0.15, -0.1) is 0 Å². The smallest absolute Gasteiger partial charge is 0.363 e. The van der Waals surface area contributed by atoms with Crippen molar-refractivity contribution in [2.24, 2.45) is 4.99 Å². The number of carbonyl (C=O) groups is 1. The Bertz CT molecular complexity index is 1210. The van der Waals surface area contributed by atoms with E-state index in [0.29, 0.717) is 17.2 Å². The molecule has 0 bridgehead atoms. The van der Waals surface area contributed by atoms with Gasteiger partial charge in [-0.05, 0) is 99.1 Å². The Balaban J connectivity index is 1.58. The summed E-state index contributed by atoms with van der Waals surface area (Å²) in [5.41, 5.74) is 4.00. The first-order valence-electron chi connectivity index (χ1n) is 9.36. The van der Waals surface area contributed by atoms with Gasteiger partial charge in [-0.3, -0.25) is 0 Å². The van der Waals surface area contributed by atoms with Crippen molar-refractivity contribution < 1.29 is 14.3 Å². The molecule has 0 radical (unpaired) electrons. The standard InChI is InChI=1S/C24H16ClI2NO3/c1-14-6-2-3-7-16(14)13-30-22-19(26)10-15(11-20(22)27)12-21-24(29)31-23(28-21)17-8-4-5-9-18(17)25/h2-12H,13H2,1H3/b21-12-. The number of rotatable bonds is 5. The van der Waals surface area contributed by atoms with E-state index in [1.165, 1.54) is 5.56 Å². The summed E-state index contributed by atoms with van der Waals surface area (Å²) in [7, 11) is 0. The molecule has 156 valence electrons. The summed E-state index contributed by atoms with van der Waals surface area (Å²) < 4.78 is 13.3. The van der Waals surface area contributed by atoms with Crippen molar-refractivity contribution in [1.29, 1.82) is 0 Å². The Hall–Kier alpha value is -1.91. The zero-order chi connectivity index (χ0) is 22.0. The number of nitrogens with zero attached hydrogens (tertiary/aromatic N) is 1. The summed E-state index contributed by atoms with van der Waals surface area (Å²) in [6.07, 6.45) is 1.71. The van der Waals surface area contributed by atoms with Crippen LogP contribution in [0.15, 0.2) is 71.4 Å². The first kappa shape index (κ1) is 22.3. The topological polar surface area (TPSA) is 47.9 Å². The number of halogens is 3. The largest absolute Gasteiger partial charge is 0.487 e. The normalized spacial score (nSPS) is 14.5. The van der Waals surface area contributed by atoms with Crippen molar-refractivity contribution in [2.45, 2.75) is 13.5 Å². The highest BCUT2D eigenvalue weighted by Gasteiger charge is 2.25. The monoisotopic (exact) mass is 655 g/mol. The highest BCUT2D eigenvalue weighted by molar-refractivity contribution is 14.1. The summed E-state index contributed by atoms with van der Waals surface area (Å²) in [4.78, 5) is 16.7. The minimum absolute atomic E-state index is 0.212. The Kier molecular flexibility index (Phi) is 6.98. The third kappa shape index (κ3) is 5.12. The Morgan fingerprint density at radius 3 is 2.45 bits per heavy atom. The van der Waals surface area contributed by atoms with Crippen molar-refractivity contribution in [1.82, 2.24) is 0 Å². The number of carbonyl (C=O) groups excluding carboxylic acids is 1. The van der Waals surface area contributed by atoms with Crippen molar-refractivity contribution in [3.05, 3.63) is 101 Å². The lowest BCUT2D eigenvalue weighted by atomic mass is 10.1. The fraction of sp³-hybridized carbons (Fsp3) is 0.0833. The van der Waals surface area contributed by atoms with E-state index in [2.05, 4.69) is 69.2 Å². The van der Waals surface area contributed by atoms with Crippen LogP contribution in [0.25, 0.3) is 6.08 Å². The average molecular weight is 656 g/mol. The van der Waals surface area contributed by atoms with E-state index >= 15 is 0 Å². The van der Waals surface area contributed by atoms with Crippen LogP contribution in [0.3, 0.4) is 0 Å². The van der Waals surface area contributed by atoms with Crippen molar-refractivity contribution in [3.8, 4) is 5.75 Å². The van der Waals surface area contributed by atoms with Gasteiger partial charge in [0.1, 0.15) is 12.4 Å². The fourth-order valence-electron chi connectivity index (χ4n) is 3.04. The molecule has 0 unspecified atom stereocenters. The maximum atomic E-state index is 12.3. The van der Waals surface area contributed by atoms with Gasteiger partial charge in [-0.25, -0.2) is 9.79 Å². The van der Waals surface area contributed by atoms with Gasteiger partial charge in [-0.2, -0.15) is 0 Å². The summed E-state index contributed by atoms with van der Waals surface area (Å²) in [5.74, 6) is 0.533. The molecule has 0 N–H and O–H groups in total. The predicted molar refractivity (Wildman–Crippen MR) is 139 cm³/mol. The summed E-state index contributed by atoms with van der Waals surface area (Å²) in [6, 6.07) is 19.2. The first-order chi connectivity index (χ1) is 14.9. The second-order valence-corrected chi connectivity index (χ2v) is 9.58. The van der Waals surface area contributed by atoms with E-state index in [0.717, 1.165) is 24.0 Å². The first-order valence-corrected chi connectivity index (χ1v) is 11.9. The molecular formula is C24H16ClI2NO3. The van der Waals surface area contributed by atoms with Gasteiger partial charge in [0.15, 0.2) is 5.70 Å². The summed E-state index contributed by atoms with van der Waals surface area (Å²) in [6.45, 7) is 2.57. The van der Waals surface area contributed by atoms with Crippen LogP contribution in [0.1, 0.15) is 22.3 Å². The molecule has 0 saturated heterocycles. The fourth-order valence-corrected chi connectivity index (χ4v) is 5.38. The molecule has 3 aromatic rings. The van der Waals surface area contributed by atoms with Gasteiger partial charge >= 0.3 is 5.97 Å². The average Bonchev–Trinajstić information content (AvgIpc) is 3.09. The Labute approximate surface area is 212 Å². The zero-order valence-electron chi connectivity index (χ0n) is 16.4. The Morgan fingerprint density at radius 1 is 1.06 bits per heavy atom. The van der Waals surface area contributed by atoms with E-state index in [-0.39, 0.29) is 11.6 Å². The molecule has 0 saturated carbocycles. The lowest BCUT2D eigenvalue weighted by Gasteiger charge is -2.13. The maximum Gasteiger partial charge on any atom is 0.363 e. The molecule has 31 heavy (non-hydrogen) atoms. The van der Waals surface area contributed by atoms with E-state index in [1.54, 1.807) is 18.2 Å². The highest BCUT2D eigenvalue weighted by Crippen LogP contribution is 2.31.